The normalized spacial score (nSPS) is 9.60. The van der Waals surface area contributed by atoms with E-state index >= 15 is 0 Å². The van der Waals surface area contributed by atoms with E-state index in [2.05, 4.69) is 16.9 Å². The maximum atomic E-state index is 10.8. The van der Waals surface area contributed by atoms with E-state index in [4.69, 9.17) is 5.11 Å². The number of nitrogens with zero attached hydrogens (tertiary/aromatic N) is 3. The van der Waals surface area contributed by atoms with Crippen LogP contribution in [-0.2, 0) is 6.54 Å². The predicted octanol–water partition coefficient (Wildman–Crippen LogP) is 1.54. The molecule has 0 aliphatic carbocycles. The van der Waals surface area contributed by atoms with Crippen LogP contribution in [0.2, 0.25) is 0 Å². The largest absolute Gasteiger partial charge is 0.476 e. The van der Waals surface area contributed by atoms with E-state index in [-0.39, 0.29) is 6.54 Å². The van der Waals surface area contributed by atoms with Crippen LogP contribution in [0.1, 0.15) is 16.1 Å². The first-order valence-corrected chi connectivity index (χ1v) is 5.57. The van der Waals surface area contributed by atoms with E-state index in [1.54, 1.807) is 0 Å². The molecule has 0 atom stereocenters. The molecule has 0 radical (unpaired) electrons. The molecule has 1 N–H and O–H groups in total. The number of nitro groups is 1. The van der Waals surface area contributed by atoms with E-state index in [0.29, 0.717) is 0 Å². The summed E-state index contributed by atoms with van der Waals surface area (Å²) >= 11 is 0. The molecule has 7 heteroatoms. The number of hydrogen-bond donors (Lipinski definition) is 1. The number of rotatable bonds is 3. The van der Waals surface area contributed by atoms with Crippen LogP contribution in [0.5, 0.6) is 0 Å². The smallest absolute Gasteiger partial charge is 0.363 e. The number of carboxylic acid groups (broad SMARTS) is 1. The van der Waals surface area contributed by atoms with Crippen LogP contribution in [0.25, 0.3) is 0 Å². The van der Waals surface area contributed by atoms with Gasteiger partial charge < -0.3 is 5.11 Å². The SMILES string of the molecule is O=C(O)c1nn(CC#Cc2ccccc2)cc1[N+](=O)[O-]. The van der Waals surface area contributed by atoms with Crippen LogP contribution >= 0.6 is 0 Å². The van der Waals surface area contributed by atoms with Crippen molar-refractivity contribution in [1.82, 2.24) is 9.78 Å². The standard InChI is InChI=1S/C13H9N3O4/c17-13(18)12-11(16(19)20)9-15(14-12)8-4-7-10-5-2-1-3-6-10/h1-3,5-6,9H,8H2,(H,17,18). The van der Waals surface area contributed by atoms with E-state index in [1.807, 2.05) is 30.3 Å². The molecular formula is C13H9N3O4. The first-order valence-electron chi connectivity index (χ1n) is 5.57. The van der Waals surface area contributed by atoms with E-state index in [9.17, 15) is 14.9 Å². The fourth-order valence-corrected chi connectivity index (χ4v) is 1.52. The van der Waals surface area contributed by atoms with Gasteiger partial charge in [0.2, 0.25) is 5.69 Å². The maximum Gasteiger partial charge on any atom is 0.363 e. The van der Waals surface area contributed by atoms with Crippen LogP contribution in [0.3, 0.4) is 0 Å². The van der Waals surface area contributed by atoms with Crippen molar-refractivity contribution in [3.8, 4) is 11.8 Å². The molecule has 1 aromatic heterocycles. The fraction of sp³-hybridized carbons (Fsp3) is 0.0769. The van der Waals surface area contributed by atoms with Gasteiger partial charge in [-0.2, -0.15) is 5.10 Å². The van der Waals surface area contributed by atoms with Crippen LogP contribution in [0.15, 0.2) is 36.5 Å². The predicted molar refractivity (Wildman–Crippen MR) is 69.2 cm³/mol. The first kappa shape index (κ1) is 13.3. The first-order chi connectivity index (χ1) is 9.58. The number of hydrogen-bond acceptors (Lipinski definition) is 4. The Hall–Kier alpha value is -3.14. The highest BCUT2D eigenvalue weighted by atomic mass is 16.6. The molecule has 0 saturated heterocycles. The Bertz CT molecular complexity index is 679. The van der Waals surface area contributed by atoms with Crippen LogP contribution in [0, 0.1) is 22.0 Å². The lowest BCUT2D eigenvalue weighted by Gasteiger charge is -1.90. The Balaban J connectivity index is 2.19. The minimum atomic E-state index is -1.44. The topological polar surface area (TPSA) is 98.3 Å². The summed E-state index contributed by atoms with van der Waals surface area (Å²) in [4.78, 5) is 20.7. The minimum absolute atomic E-state index is 0.0724. The summed E-state index contributed by atoms with van der Waals surface area (Å²) in [6, 6.07) is 9.18. The Morgan fingerprint density at radius 3 is 2.65 bits per heavy atom. The van der Waals surface area contributed by atoms with Crippen molar-refractivity contribution in [2.75, 3.05) is 0 Å². The molecule has 2 rings (SSSR count). The molecule has 0 unspecified atom stereocenters. The Morgan fingerprint density at radius 1 is 1.40 bits per heavy atom. The molecular weight excluding hydrogens is 262 g/mol. The van der Waals surface area contributed by atoms with Crippen molar-refractivity contribution >= 4 is 11.7 Å². The van der Waals surface area contributed by atoms with Crippen LogP contribution in [0.4, 0.5) is 5.69 Å². The minimum Gasteiger partial charge on any atom is -0.476 e. The molecule has 1 heterocycles. The maximum absolute atomic E-state index is 10.8. The molecule has 0 bridgehead atoms. The molecule has 0 aliphatic heterocycles. The summed E-state index contributed by atoms with van der Waals surface area (Å²) in [5.41, 5.74) is -0.330. The summed E-state index contributed by atoms with van der Waals surface area (Å²) in [6.45, 7) is 0.0724. The van der Waals surface area contributed by atoms with E-state index < -0.39 is 22.3 Å². The summed E-state index contributed by atoms with van der Waals surface area (Å²) in [5, 5.41) is 23.1. The zero-order valence-corrected chi connectivity index (χ0v) is 10.2. The van der Waals surface area contributed by atoms with Crippen molar-refractivity contribution in [3.63, 3.8) is 0 Å². The Morgan fingerprint density at radius 2 is 2.10 bits per heavy atom. The lowest BCUT2D eigenvalue weighted by Crippen LogP contribution is -2.03. The lowest BCUT2D eigenvalue weighted by atomic mass is 10.2. The second-order valence-corrected chi connectivity index (χ2v) is 3.79. The van der Waals surface area contributed by atoms with Crippen molar-refractivity contribution < 1.29 is 14.8 Å². The van der Waals surface area contributed by atoms with Gasteiger partial charge in [-0.25, -0.2) is 4.79 Å². The average molecular weight is 271 g/mol. The van der Waals surface area contributed by atoms with Crippen LogP contribution in [-0.4, -0.2) is 25.8 Å². The van der Waals surface area contributed by atoms with E-state index in [0.717, 1.165) is 16.4 Å². The number of carbonyl (C=O) groups is 1. The fourth-order valence-electron chi connectivity index (χ4n) is 1.52. The number of benzene rings is 1. The Labute approximate surface area is 113 Å². The molecule has 0 aliphatic rings. The van der Waals surface area contributed by atoms with Gasteiger partial charge in [0, 0.05) is 5.56 Å². The molecule has 100 valence electrons. The molecule has 2 aromatic rings. The summed E-state index contributed by atoms with van der Waals surface area (Å²) in [7, 11) is 0. The molecule has 0 fully saturated rings. The molecule has 20 heavy (non-hydrogen) atoms. The zero-order chi connectivity index (χ0) is 14.5. The molecule has 7 nitrogen and oxygen atoms in total. The summed E-state index contributed by atoms with van der Waals surface area (Å²) < 4.78 is 1.14. The van der Waals surface area contributed by atoms with Gasteiger partial charge in [0.25, 0.3) is 0 Å². The second-order valence-electron chi connectivity index (χ2n) is 3.79. The molecule has 0 spiro atoms. The van der Waals surface area contributed by atoms with Gasteiger partial charge in [0.05, 0.1) is 4.92 Å². The monoisotopic (exact) mass is 271 g/mol. The Kier molecular flexibility index (Phi) is 3.77. The average Bonchev–Trinajstić information content (AvgIpc) is 2.85. The highest BCUT2D eigenvalue weighted by Gasteiger charge is 2.24. The number of aromatic nitrogens is 2. The third-order valence-corrected chi connectivity index (χ3v) is 2.39. The van der Waals surface area contributed by atoms with Crippen LogP contribution < -0.4 is 0 Å². The van der Waals surface area contributed by atoms with Crippen molar-refractivity contribution in [2.24, 2.45) is 0 Å². The number of aromatic carboxylic acids is 1. The number of carboxylic acids is 1. The lowest BCUT2D eigenvalue weighted by molar-refractivity contribution is -0.385. The molecule has 0 saturated carbocycles. The molecule has 1 aromatic carbocycles. The highest BCUT2D eigenvalue weighted by Crippen LogP contribution is 2.16. The van der Waals surface area contributed by atoms with Crippen molar-refractivity contribution in [3.05, 3.63) is 57.9 Å². The van der Waals surface area contributed by atoms with Gasteiger partial charge >= 0.3 is 11.7 Å². The second kappa shape index (κ2) is 5.67. The molecule has 0 amide bonds. The van der Waals surface area contributed by atoms with Crippen molar-refractivity contribution in [1.29, 1.82) is 0 Å². The van der Waals surface area contributed by atoms with Gasteiger partial charge in [-0.05, 0) is 12.1 Å². The van der Waals surface area contributed by atoms with Gasteiger partial charge in [-0.15, -0.1) is 0 Å². The van der Waals surface area contributed by atoms with Gasteiger partial charge in [0.1, 0.15) is 12.7 Å². The highest BCUT2D eigenvalue weighted by molar-refractivity contribution is 5.89. The van der Waals surface area contributed by atoms with Gasteiger partial charge in [0.15, 0.2) is 0 Å². The van der Waals surface area contributed by atoms with Crippen molar-refractivity contribution in [2.45, 2.75) is 6.54 Å². The summed E-state index contributed by atoms with van der Waals surface area (Å²) in [5.74, 6) is 4.19. The van der Waals surface area contributed by atoms with E-state index in [1.165, 1.54) is 0 Å². The van der Waals surface area contributed by atoms with Gasteiger partial charge in [-0.3, -0.25) is 14.8 Å². The summed E-state index contributed by atoms with van der Waals surface area (Å²) in [6.07, 6.45) is 1.06. The zero-order valence-electron chi connectivity index (χ0n) is 10.2. The third-order valence-electron chi connectivity index (χ3n) is 2.39. The quantitative estimate of drug-likeness (QED) is 0.518. The third kappa shape index (κ3) is 3.00. The van der Waals surface area contributed by atoms with Gasteiger partial charge in [-0.1, -0.05) is 30.0 Å².